The number of sulfonamides is 1. The number of hydrazine groups is 1. The predicted octanol–water partition coefficient (Wildman–Crippen LogP) is 1.62. The zero-order valence-electron chi connectivity index (χ0n) is 15.3. The maximum atomic E-state index is 12.6. The van der Waals surface area contributed by atoms with Crippen LogP contribution in [0, 0.1) is 0 Å². The smallest absolute Gasteiger partial charge is 0.279 e. The van der Waals surface area contributed by atoms with Gasteiger partial charge in [-0.25, -0.2) is 8.42 Å². The van der Waals surface area contributed by atoms with Crippen LogP contribution in [-0.4, -0.2) is 45.4 Å². The van der Waals surface area contributed by atoms with E-state index in [1.165, 1.54) is 54.5 Å². The van der Waals surface area contributed by atoms with Gasteiger partial charge in [-0.15, -0.1) is 11.3 Å². The SMILES string of the molecule is COc1ccc(S(=O)(=O)NC(CCSC)C(=O)NNC(=O)c2cccs2)cc1. The van der Waals surface area contributed by atoms with Gasteiger partial charge < -0.3 is 4.74 Å². The third-order valence-electron chi connectivity index (χ3n) is 3.64. The van der Waals surface area contributed by atoms with Crippen LogP contribution in [0.5, 0.6) is 5.75 Å². The van der Waals surface area contributed by atoms with Crippen molar-refractivity contribution in [3.8, 4) is 5.75 Å². The summed E-state index contributed by atoms with van der Waals surface area (Å²) in [6, 6.07) is 8.12. The molecule has 3 N–H and O–H groups in total. The third kappa shape index (κ3) is 6.23. The van der Waals surface area contributed by atoms with Crippen LogP contribution in [-0.2, 0) is 14.8 Å². The third-order valence-corrected chi connectivity index (χ3v) is 6.64. The first-order valence-electron chi connectivity index (χ1n) is 8.16. The van der Waals surface area contributed by atoms with E-state index in [9.17, 15) is 18.0 Å². The maximum absolute atomic E-state index is 12.6. The highest BCUT2D eigenvalue weighted by Crippen LogP contribution is 2.16. The predicted molar refractivity (Wildman–Crippen MR) is 110 cm³/mol. The van der Waals surface area contributed by atoms with Crippen LogP contribution in [0.1, 0.15) is 16.1 Å². The summed E-state index contributed by atoms with van der Waals surface area (Å²) in [6.07, 6.45) is 2.11. The lowest BCUT2D eigenvalue weighted by Gasteiger charge is -2.18. The molecule has 2 rings (SSSR count). The summed E-state index contributed by atoms with van der Waals surface area (Å²) in [5, 5.41) is 1.74. The number of rotatable bonds is 9. The van der Waals surface area contributed by atoms with E-state index in [-0.39, 0.29) is 11.3 Å². The molecule has 0 aliphatic rings. The molecular formula is C17H21N3O5S3. The van der Waals surface area contributed by atoms with Gasteiger partial charge in [-0.1, -0.05) is 6.07 Å². The molecule has 28 heavy (non-hydrogen) atoms. The molecule has 1 heterocycles. The molecule has 1 aromatic carbocycles. The largest absolute Gasteiger partial charge is 0.497 e. The molecule has 1 atom stereocenters. The van der Waals surface area contributed by atoms with Crippen molar-refractivity contribution in [3.05, 3.63) is 46.7 Å². The Morgan fingerprint density at radius 2 is 1.89 bits per heavy atom. The Hall–Kier alpha value is -2.08. The van der Waals surface area contributed by atoms with Gasteiger partial charge in [0.05, 0.1) is 16.9 Å². The van der Waals surface area contributed by atoms with Crippen molar-refractivity contribution in [2.24, 2.45) is 0 Å². The van der Waals surface area contributed by atoms with Crippen molar-refractivity contribution in [1.29, 1.82) is 0 Å². The molecule has 0 aliphatic carbocycles. The summed E-state index contributed by atoms with van der Waals surface area (Å²) in [6.45, 7) is 0. The molecule has 0 fully saturated rings. The van der Waals surface area contributed by atoms with Crippen molar-refractivity contribution in [1.82, 2.24) is 15.6 Å². The molecule has 1 aromatic heterocycles. The Kier molecular flexibility index (Phi) is 8.30. The van der Waals surface area contributed by atoms with E-state index in [2.05, 4.69) is 15.6 Å². The van der Waals surface area contributed by atoms with Crippen LogP contribution in [0.4, 0.5) is 0 Å². The Morgan fingerprint density at radius 1 is 1.18 bits per heavy atom. The second kappa shape index (κ2) is 10.5. The number of thioether (sulfide) groups is 1. The van der Waals surface area contributed by atoms with E-state index in [0.717, 1.165) is 0 Å². The topological polar surface area (TPSA) is 114 Å². The standard InChI is InChI=1S/C17H21N3O5S3/c1-25-12-5-7-13(8-6-12)28(23,24)20-14(9-11-26-2)16(21)18-19-17(22)15-4-3-10-27-15/h3-8,10,14,20H,9,11H2,1-2H3,(H,18,21)(H,19,22). The Bertz CT molecular complexity index is 883. The molecule has 0 spiro atoms. The monoisotopic (exact) mass is 443 g/mol. The fourth-order valence-electron chi connectivity index (χ4n) is 2.16. The van der Waals surface area contributed by atoms with Crippen LogP contribution in [0.25, 0.3) is 0 Å². The molecule has 0 bridgehead atoms. The minimum Gasteiger partial charge on any atom is -0.497 e. The highest BCUT2D eigenvalue weighted by atomic mass is 32.2. The lowest BCUT2D eigenvalue weighted by molar-refractivity contribution is -0.123. The molecule has 11 heteroatoms. The van der Waals surface area contributed by atoms with Gasteiger partial charge in [0.25, 0.3) is 11.8 Å². The van der Waals surface area contributed by atoms with Gasteiger partial charge in [0.2, 0.25) is 10.0 Å². The van der Waals surface area contributed by atoms with Crippen molar-refractivity contribution >= 4 is 44.9 Å². The summed E-state index contributed by atoms with van der Waals surface area (Å²) >= 11 is 2.71. The summed E-state index contributed by atoms with van der Waals surface area (Å²) in [7, 11) is -2.45. The van der Waals surface area contributed by atoms with E-state index in [4.69, 9.17) is 4.74 Å². The van der Waals surface area contributed by atoms with Gasteiger partial charge in [0.15, 0.2) is 0 Å². The number of carbonyl (C=O) groups is 2. The number of thiophene rings is 1. The molecule has 0 aliphatic heterocycles. The summed E-state index contributed by atoms with van der Waals surface area (Å²) in [4.78, 5) is 24.8. The molecular weight excluding hydrogens is 422 g/mol. The molecule has 0 saturated heterocycles. The molecule has 8 nitrogen and oxygen atoms in total. The van der Waals surface area contributed by atoms with Crippen molar-refractivity contribution < 1.29 is 22.7 Å². The number of benzene rings is 1. The number of amides is 2. The molecule has 0 saturated carbocycles. The minimum atomic E-state index is -3.93. The van der Waals surface area contributed by atoms with Gasteiger partial charge in [-0.3, -0.25) is 20.4 Å². The second-order valence-electron chi connectivity index (χ2n) is 5.55. The van der Waals surface area contributed by atoms with Crippen LogP contribution < -0.4 is 20.3 Å². The molecule has 152 valence electrons. The van der Waals surface area contributed by atoms with Gasteiger partial charge >= 0.3 is 0 Å². The highest BCUT2D eigenvalue weighted by molar-refractivity contribution is 7.98. The zero-order chi connectivity index (χ0) is 20.6. The number of methoxy groups -OCH3 is 1. The summed E-state index contributed by atoms with van der Waals surface area (Å²) in [5.74, 6) is -0.0322. The molecule has 2 aromatic rings. The van der Waals surface area contributed by atoms with Gasteiger partial charge in [0, 0.05) is 0 Å². The fourth-order valence-corrected chi connectivity index (χ4v) is 4.48. The first-order chi connectivity index (χ1) is 13.4. The number of ether oxygens (including phenoxy) is 1. The normalized spacial score (nSPS) is 12.2. The number of nitrogens with one attached hydrogen (secondary N) is 3. The summed E-state index contributed by atoms with van der Waals surface area (Å²) < 4.78 is 32.6. The second-order valence-corrected chi connectivity index (χ2v) is 9.20. The van der Waals surface area contributed by atoms with E-state index < -0.39 is 27.9 Å². The van der Waals surface area contributed by atoms with E-state index in [0.29, 0.717) is 16.4 Å². The Labute approximate surface area is 172 Å². The Morgan fingerprint density at radius 3 is 2.46 bits per heavy atom. The number of hydrogen-bond donors (Lipinski definition) is 3. The zero-order valence-corrected chi connectivity index (χ0v) is 17.7. The Balaban J connectivity index is 2.06. The van der Waals surface area contributed by atoms with Gasteiger partial charge in [0.1, 0.15) is 11.8 Å². The number of hydrogen-bond acceptors (Lipinski definition) is 7. The average molecular weight is 444 g/mol. The minimum absolute atomic E-state index is 0.0119. The summed E-state index contributed by atoms with van der Waals surface area (Å²) in [5.41, 5.74) is 4.58. The van der Waals surface area contributed by atoms with Gasteiger partial charge in [-0.2, -0.15) is 16.5 Å². The maximum Gasteiger partial charge on any atom is 0.279 e. The van der Waals surface area contributed by atoms with Crippen molar-refractivity contribution in [2.45, 2.75) is 17.4 Å². The van der Waals surface area contributed by atoms with Crippen LogP contribution in [0.15, 0.2) is 46.7 Å². The van der Waals surface area contributed by atoms with Crippen LogP contribution in [0.2, 0.25) is 0 Å². The van der Waals surface area contributed by atoms with Crippen LogP contribution in [0.3, 0.4) is 0 Å². The van der Waals surface area contributed by atoms with Crippen LogP contribution >= 0.6 is 23.1 Å². The quantitative estimate of drug-likeness (QED) is 0.508. The van der Waals surface area contributed by atoms with E-state index >= 15 is 0 Å². The first-order valence-corrected chi connectivity index (χ1v) is 11.9. The molecule has 0 radical (unpaired) electrons. The lowest BCUT2D eigenvalue weighted by atomic mass is 10.2. The average Bonchev–Trinajstić information content (AvgIpc) is 3.24. The molecule has 2 amide bonds. The highest BCUT2D eigenvalue weighted by Gasteiger charge is 2.26. The number of carbonyl (C=O) groups excluding carboxylic acids is 2. The van der Waals surface area contributed by atoms with Crippen molar-refractivity contribution in [2.75, 3.05) is 19.1 Å². The van der Waals surface area contributed by atoms with Gasteiger partial charge in [-0.05, 0) is 54.1 Å². The van der Waals surface area contributed by atoms with E-state index in [1.807, 2.05) is 6.26 Å². The van der Waals surface area contributed by atoms with E-state index in [1.54, 1.807) is 17.5 Å². The van der Waals surface area contributed by atoms with Crippen molar-refractivity contribution in [3.63, 3.8) is 0 Å². The fraction of sp³-hybridized carbons (Fsp3) is 0.294. The first kappa shape index (κ1) is 22.2. The molecule has 1 unspecified atom stereocenters. The lowest BCUT2D eigenvalue weighted by Crippen LogP contribution is -2.52.